The molecule has 0 aliphatic rings. The van der Waals surface area contributed by atoms with Crippen LogP contribution in [0.4, 0.5) is 11.4 Å². The molecular weight excluding hydrogens is 256 g/mol. The highest BCUT2D eigenvalue weighted by Crippen LogP contribution is 2.25. The number of nitrogens with two attached hydrogens (primary N) is 2. The molecule has 7 nitrogen and oxygen atoms in total. The SMILES string of the molecule is Nc1c(NCc2ccon2)cccc1S(N)(=O)=O. The average molecular weight is 268 g/mol. The van der Waals surface area contributed by atoms with E-state index in [4.69, 9.17) is 10.9 Å². The molecule has 0 bridgehead atoms. The van der Waals surface area contributed by atoms with Crippen LogP contribution < -0.4 is 16.2 Å². The van der Waals surface area contributed by atoms with Crippen LogP contribution in [-0.2, 0) is 16.6 Å². The molecule has 8 heteroatoms. The number of nitrogen functional groups attached to an aromatic ring is 1. The Morgan fingerprint density at radius 1 is 1.33 bits per heavy atom. The molecule has 96 valence electrons. The van der Waals surface area contributed by atoms with Crippen LogP contribution in [0, 0.1) is 0 Å². The van der Waals surface area contributed by atoms with E-state index >= 15 is 0 Å². The van der Waals surface area contributed by atoms with Crippen molar-refractivity contribution in [2.24, 2.45) is 5.14 Å². The van der Waals surface area contributed by atoms with Gasteiger partial charge in [-0.05, 0) is 12.1 Å². The minimum atomic E-state index is -3.83. The van der Waals surface area contributed by atoms with E-state index < -0.39 is 10.0 Å². The van der Waals surface area contributed by atoms with Crippen LogP contribution in [0.3, 0.4) is 0 Å². The smallest absolute Gasteiger partial charge is 0.240 e. The first-order valence-electron chi connectivity index (χ1n) is 5.03. The van der Waals surface area contributed by atoms with Gasteiger partial charge in [0.1, 0.15) is 16.9 Å². The molecule has 0 amide bonds. The van der Waals surface area contributed by atoms with Gasteiger partial charge in [0.2, 0.25) is 10.0 Å². The zero-order valence-electron chi connectivity index (χ0n) is 9.33. The molecule has 0 fully saturated rings. The third-order valence-corrected chi connectivity index (χ3v) is 3.29. The summed E-state index contributed by atoms with van der Waals surface area (Å²) in [6.07, 6.45) is 1.45. The van der Waals surface area contributed by atoms with Crippen LogP contribution in [0.2, 0.25) is 0 Å². The topological polar surface area (TPSA) is 124 Å². The Balaban J connectivity index is 2.24. The molecule has 2 rings (SSSR count). The Bertz CT molecular complexity index is 637. The number of sulfonamides is 1. The van der Waals surface area contributed by atoms with Crippen LogP contribution in [0.25, 0.3) is 0 Å². The van der Waals surface area contributed by atoms with E-state index in [0.717, 1.165) is 0 Å². The lowest BCUT2D eigenvalue weighted by atomic mass is 10.2. The maximum absolute atomic E-state index is 11.3. The Labute approximate surface area is 104 Å². The molecule has 0 aliphatic heterocycles. The van der Waals surface area contributed by atoms with Gasteiger partial charge in [-0.25, -0.2) is 13.6 Å². The van der Waals surface area contributed by atoms with E-state index in [2.05, 4.69) is 15.0 Å². The van der Waals surface area contributed by atoms with Gasteiger partial charge in [-0.15, -0.1) is 0 Å². The molecule has 0 saturated carbocycles. The number of hydrogen-bond donors (Lipinski definition) is 3. The normalized spacial score (nSPS) is 11.4. The van der Waals surface area contributed by atoms with Gasteiger partial charge in [-0.1, -0.05) is 11.2 Å². The highest BCUT2D eigenvalue weighted by Gasteiger charge is 2.14. The van der Waals surface area contributed by atoms with Gasteiger partial charge < -0.3 is 15.6 Å². The summed E-state index contributed by atoms with van der Waals surface area (Å²) >= 11 is 0. The van der Waals surface area contributed by atoms with Crippen molar-refractivity contribution in [3.05, 3.63) is 36.2 Å². The van der Waals surface area contributed by atoms with Crippen molar-refractivity contribution < 1.29 is 12.9 Å². The van der Waals surface area contributed by atoms with Gasteiger partial charge >= 0.3 is 0 Å². The van der Waals surface area contributed by atoms with Crippen molar-refractivity contribution >= 4 is 21.4 Å². The number of nitrogens with one attached hydrogen (secondary N) is 1. The summed E-state index contributed by atoms with van der Waals surface area (Å²) in [4.78, 5) is -0.104. The molecular formula is C10H12N4O3S. The van der Waals surface area contributed by atoms with Crippen molar-refractivity contribution in [2.75, 3.05) is 11.1 Å². The fourth-order valence-electron chi connectivity index (χ4n) is 1.46. The molecule has 0 unspecified atom stereocenters. The Morgan fingerprint density at radius 3 is 2.72 bits per heavy atom. The summed E-state index contributed by atoms with van der Waals surface area (Å²) in [7, 11) is -3.83. The van der Waals surface area contributed by atoms with Gasteiger partial charge in [0, 0.05) is 6.07 Å². The average Bonchev–Trinajstić information content (AvgIpc) is 2.79. The molecule has 0 atom stereocenters. The minimum absolute atomic E-state index is 0.0866. The first-order chi connectivity index (χ1) is 8.48. The lowest BCUT2D eigenvalue weighted by molar-refractivity contribution is 0.412. The van der Waals surface area contributed by atoms with Gasteiger partial charge in [0.15, 0.2) is 0 Å². The second kappa shape index (κ2) is 4.67. The van der Waals surface area contributed by atoms with E-state index in [0.29, 0.717) is 17.9 Å². The maximum atomic E-state index is 11.3. The quantitative estimate of drug-likeness (QED) is 0.694. The van der Waals surface area contributed by atoms with Crippen LogP contribution in [-0.4, -0.2) is 13.6 Å². The van der Waals surface area contributed by atoms with E-state index in [-0.39, 0.29) is 10.6 Å². The first kappa shape index (κ1) is 12.4. The van der Waals surface area contributed by atoms with Crippen molar-refractivity contribution in [2.45, 2.75) is 11.4 Å². The standard InChI is InChI=1S/C10H12N4O3S/c11-10-8(13-6-7-4-5-17-14-7)2-1-3-9(10)18(12,15)16/h1-5,13H,6,11H2,(H2,12,15,16). The molecule has 0 aliphatic carbocycles. The minimum Gasteiger partial charge on any atom is -0.396 e. The van der Waals surface area contributed by atoms with Gasteiger partial charge in [0.05, 0.1) is 17.9 Å². The van der Waals surface area contributed by atoms with Crippen molar-refractivity contribution in [1.82, 2.24) is 5.16 Å². The van der Waals surface area contributed by atoms with Gasteiger partial charge in [-0.3, -0.25) is 0 Å². The lowest BCUT2D eigenvalue weighted by Gasteiger charge is -2.10. The third kappa shape index (κ3) is 2.60. The summed E-state index contributed by atoms with van der Waals surface area (Å²) in [5.74, 6) is 0. The Hall–Kier alpha value is -2.06. The zero-order valence-corrected chi connectivity index (χ0v) is 10.1. The summed E-state index contributed by atoms with van der Waals surface area (Å²) in [5.41, 5.74) is 6.98. The van der Waals surface area contributed by atoms with E-state index in [1.54, 1.807) is 18.2 Å². The molecule has 0 spiro atoms. The fraction of sp³-hybridized carbons (Fsp3) is 0.100. The summed E-state index contributed by atoms with van der Waals surface area (Å²) in [5, 5.41) is 11.7. The van der Waals surface area contributed by atoms with Crippen LogP contribution in [0.15, 0.2) is 39.9 Å². The number of anilines is 2. The van der Waals surface area contributed by atoms with Crippen LogP contribution in [0.1, 0.15) is 5.69 Å². The zero-order chi connectivity index (χ0) is 13.2. The summed E-state index contributed by atoms with van der Waals surface area (Å²) in [6.45, 7) is 0.370. The summed E-state index contributed by atoms with van der Waals surface area (Å²) < 4.78 is 27.2. The number of para-hydroxylation sites is 1. The number of aromatic nitrogens is 1. The monoisotopic (exact) mass is 268 g/mol. The third-order valence-electron chi connectivity index (χ3n) is 2.32. The summed E-state index contributed by atoms with van der Waals surface area (Å²) in [6, 6.07) is 6.25. The molecule has 1 aromatic carbocycles. The predicted octanol–water partition coefficient (Wildman–Crippen LogP) is 0.516. The van der Waals surface area contributed by atoms with Crippen molar-refractivity contribution in [3.63, 3.8) is 0 Å². The van der Waals surface area contributed by atoms with Crippen molar-refractivity contribution in [1.29, 1.82) is 0 Å². The number of nitrogens with zero attached hydrogens (tertiary/aromatic N) is 1. The molecule has 18 heavy (non-hydrogen) atoms. The van der Waals surface area contributed by atoms with E-state index in [9.17, 15) is 8.42 Å². The van der Waals surface area contributed by atoms with Crippen LogP contribution in [0.5, 0.6) is 0 Å². The highest BCUT2D eigenvalue weighted by atomic mass is 32.2. The van der Waals surface area contributed by atoms with E-state index in [1.807, 2.05) is 0 Å². The maximum Gasteiger partial charge on any atom is 0.240 e. The highest BCUT2D eigenvalue weighted by molar-refractivity contribution is 7.89. The van der Waals surface area contributed by atoms with Crippen molar-refractivity contribution in [3.8, 4) is 0 Å². The molecule has 1 heterocycles. The molecule has 0 radical (unpaired) electrons. The first-order valence-corrected chi connectivity index (χ1v) is 6.57. The molecule has 2 aromatic rings. The van der Waals surface area contributed by atoms with E-state index in [1.165, 1.54) is 12.3 Å². The molecule has 5 N–H and O–H groups in total. The molecule has 0 saturated heterocycles. The van der Waals surface area contributed by atoms with Gasteiger partial charge in [0.25, 0.3) is 0 Å². The fourth-order valence-corrected chi connectivity index (χ4v) is 2.15. The van der Waals surface area contributed by atoms with Crippen LogP contribution >= 0.6 is 0 Å². The number of rotatable bonds is 4. The molecule has 1 aromatic heterocycles. The second-order valence-corrected chi connectivity index (χ2v) is 5.14. The Kier molecular flexibility index (Phi) is 3.21. The second-order valence-electron chi connectivity index (χ2n) is 3.61. The number of primary sulfonamides is 1. The largest absolute Gasteiger partial charge is 0.396 e. The predicted molar refractivity (Wildman–Crippen MR) is 66.1 cm³/mol. The number of benzene rings is 1. The lowest BCUT2D eigenvalue weighted by Crippen LogP contribution is -2.15. The number of hydrogen-bond acceptors (Lipinski definition) is 6. The Morgan fingerprint density at radius 2 is 2.11 bits per heavy atom. The van der Waals surface area contributed by atoms with Gasteiger partial charge in [-0.2, -0.15) is 0 Å².